The number of carboxylic acid groups (broad SMARTS) is 1. The van der Waals surface area contributed by atoms with Gasteiger partial charge in [-0.1, -0.05) is 0 Å². The number of nitrogens with one attached hydrogen (secondary N) is 3. The molecule has 2 heterocycles. The minimum atomic E-state index is -0.935. The van der Waals surface area contributed by atoms with Gasteiger partial charge in [-0.3, -0.25) is 4.79 Å². The van der Waals surface area contributed by atoms with Crippen molar-refractivity contribution in [1.29, 1.82) is 0 Å². The molecule has 7 nitrogen and oxygen atoms in total. The third kappa shape index (κ3) is 3.44. The maximum absolute atomic E-state index is 10.8. The lowest BCUT2D eigenvalue weighted by Crippen LogP contribution is -2.26. The van der Waals surface area contributed by atoms with Gasteiger partial charge in [-0.05, 0) is 26.0 Å². The van der Waals surface area contributed by atoms with Crippen LogP contribution >= 0.6 is 0 Å². The van der Waals surface area contributed by atoms with Crippen LogP contribution in [-0.2, 0) is 4.79 Å². The summed E-state index contributed by atoms with van der Waals surface area (Å²) in [5, 5.41) is 14.7. The van der Waals surface area contributed by atoms with Crippen molar-refractivity contribution < 1.29 is 9.90 Å². The molecule has 7 heteroatoms. The number of aryl methyl sites for hydroxylation is 1. The second kappa shape index (κ2) is 5.38. The molecule has 0 amide bonds. The highest BCUT2D eigenvalue weighted by atomic mass is 16.4. The summed E-state index contributed by atoms with van der Waals surface area (Å²) in [6.45, 7) is 3.30. The second-order valence-electron chi connectivity index (χ2n) is 4.10. The highest BCUT2D eigenvalue weighted by molar-refractivity contribution is 5.76. The van der Waals surface area contributed by atoms with E-state index in [9.17, 15) is 4.79 Å². The van der Waals surface area contributed by atoms with Gasteiger partial charge < -0.3 is 20.7 Å². The van der Waals surface area contributed by atoms with E-state index < -0.39 is 12.0 Å². The highest BCUT2D eigenvalue weighted by Crippen LogP contribution is 2.16. The summed E-state index contributed by atoms with van der Waals surface area (Å²) in [7, 11) is 0. The third-order valence-electron chi connectivity index (χ3n) is 2.43. The minimum Gasteiger partial charge on any atom is -0.480 e. The molecule has 2 rings (SSSR count). The van der Waals surface area contributed by atoms with E-state index in [2.05, 4.69) is 25.6 Å². The summed E-state index contributed by atoms with van der Waals surface area (Å²) < 4.78 is 0. The Morgan fingerprint density at radius 1 is 1.42 bits per heavy atom. The van der Waals surface area contributed by atoms with E-state index in [1.54, 1.807) is 26.1 Å². The molecule has 2 aromatic heterocycles. The fraction of sp³-hybridized carbons (Fsp3) is 0.250. The number of anilines is 3. The average Bonchev–Trinajstić information content (AvgIpc) is 2.80. The molecule has 100 valence electrons. The van der Waals surface area contributed by atoms with Crippen molar-refractivity contribution in [1.82, 2.24) is 15.0 Å². The molecule has 1 unspecified atom stereocenters. The zero-order chi connectivity index (χ0) is 13.8. The zero-order valence-electron chi connectivity index (χ0n) is 10.6. The van der Waals surface area contributed by atoms with Crippen LogP contribution in [0.4, 0.5) is 17.5 Å². The Morgan fingerprint density at radius 3 is 2.79 bits per heavy atom. The SMILES string of the molecule is Cc1nc(Nc2ccc[nH]2)cc(NC(C)C(=O)O)n1. The number of hydrogen-bond acceptors (Lipinski definition) is 5. The monoisotopic (exact) mass is 261 g/mol. The van der Waals surface area contributed by atoms with E-state index in [1.807, 2.05) is 12.1 Å². The van der Waals surface area contributed by atoms with Crippen LogP contribution in [0.15, 0.2) is 24.4 Å². The summed E-state index contributed by atoms with van der Waals surface area (Å²) in [6.07, 6.45) is 1.79. The Morgan fingerprint density at radius 2 is 2.16 bits per heavy atom. The molecular weight excluding hydrogens is 246 g/mol. The molecule has 4 N–H and O–H groups in total. The molecule has 19 heavy (non-hydrogen) atoms. The number of carbonyl (C=O) groups is 1. The molecule has 0 radical (unpaired) electrons. The highest BCUT2D eigenvalue weighted by Gasteiger charge is 2.12. The van der Waals surface area contributed by atoms with Crippen molar-refractivity contribution in [2.24, 2.45) is 0 Å². The van der Waals surface area contributed by atoms with Crippen LogP contribution in [0.3, 0.4) is 0 Å². The van der Waals surface area contributed by atoms with Gasteiger partial charge in [-0.25, -0.2) is 9.97 Å². The molecule has 0 spiro atoms. The smallest absolute Gasteiger partial charge is 0.325 e. The van der Waals surface area contributed by atoms with Gasteiger partial charge >= 0.3 is 5.97 Å². The molecule has 2 aromatic rings. The molecule has 0 saturated carbocycles. The predicted octanol–water partition coefficient (Wildman–Crippen LogP) is 1.74. The Kier molecular flexibility index (Phi) is 3.65. The number of nitrogens with zero attached hydrogens (tertiary/aromatic N) is 2. The molecule has 0 aliphatic heterocycles. The van der Waals surface area contributed by atoms with Crippen LogP contribution < -0.4 is 10.6 Å². The largest absolute Gasteiger partial charge is 0.480 e. The first kappa shape index (κ1) is 12.9. The van der Waals surface area contributed by atoms with E-state index in [0.29, 0.717) is 17.5 Å². The molecule has 0 aromatic carbocycles. The van der Waals surface area contributed by atoms with Crippen LogP contribution in [0.5, 0.6) is 0 Å². The fourth-order valence-electron chi connectivity index (χ4n) is 1.54. The first-order chi connectivity index (χ1) is 9.04. The van der Waals surface area contributed by atoms with Crippen LogP contribution in [0, 0.1) is 6.92 Å². The van der Waals surface area contributed by atoms with Gasteiger partial charge in [0.1, 0.15) is 29.3 Å². The van der Waals surface area contributed by atoms with Crippen molar-refractivity contribution in [3.05, 3.63) is 30.2 Å². The van der Waals surface area contributed by atoms with Crippen molar-refractivity contribution >= 4 is 23.4 Å². The lowest BCUT2D eigenvalue weighted by atomic mass is 10.3. The number of aromatic nitrogens is 3. The number of aromatic amines is 1. The molecule has 0 fully saturated rings. The number of hydrogen-bond donors (Lipinski definition) is 4. The van der Waals surface area contributed by atoms with Gasteiger partial charge in [0.05, 0.1) is 0 Å². The third-order valence-corrected chi connectivity index (χ3v) is 2.43. The van der Waals surface area contributed by atoms with Gasteiger partial charge in [0.25, 0.3) is 0 Å². The summed E-state index contributed by atoms with van der Waals surface area (Å²) in [6, 6.07) is 4.67. The standard InChI is InChI=1S/C12H15N5O2/c1-7(12(18)19)14-10-6-11(16-8(2)15-10)17-9-4-3-5-13-9/h3-7,13H,1-2H3,(H,18,19)(H2,14,15,16,17). The van der Waals surface area contributed by atoms with E-state index in [0.717, 1.165) is 5.82 Å². The topological polar surface area (TPSA) is 103 Å². The van der Waals surface area contributed by atoms with Gasteiger partial charge in [0, 0.05) is 12.3 Å². The molecule has 0 aliphatic rings. The van der Waals surface area contributed by atoms with Crippen molar-refractivity contribution in [2.75, 3.05) is 10.6 Å². The van der Waals surface area contributed by atoms with Crippen LogP contribution in [0.25, 0.3) is 0 Å². The summed E-state index contributed by atoms with van der Waals surface area (Å²) in [5.74, 6) is 1.48. The number of H-pyrrole nitrogens is 1. The molecule has 0 bridgehead atoms. The number of carboxylic acids is 1. The van der Waals surface area contributed by atoms with E-state index >= 15 is 0 Å². The maximum atomic E-state index is 10.8. The van der Waals surface area contributed by atoms with Gasteiger partial charge in [0.15, 0.2) is 0 Å². The van der Waals surface area contributed by atoms with E-state index in [4.69, 9.17) is 5.11 Å². The van der Waals surface area contributed by atoms with Crippen molar-refractivity contribution in [2.45, 2.75) is 19.9 Å². The minimum absolute atomic E-state index is 0.469. The van der Waals surface area contributed by atoms with Crippen molar-refractivity contribution in [3.63, 3.8) is 0 Å². The molecule has 0 aliphatic carbocycles. The van der Waals surface area contributed by atoms with Gasteiger partial charge in [-0.15, -0.1) is 0 Å². The molecular formula is C12H15N5O2. The first-order valence-corrected chi connectivity index (χ1v) is 5.80. The van der Waals surface area contributed by atoms with Crippen molar-refractivity contribution in [3.8, 4) is 0 Å². The number of aliphatic carboxylic acids is 1. The Bertz CT molecular complexity index is 568. The Labute approximate surface area is 110 Å². The predicted molar refractivity (Wildman–Crippen MR) is 71.6 cm³/mol. The molecule has 1 atom stereocenters. The Balaban J connectivity index is 2.17. The maximum Gasteiger partial charge on any atom is 0.325 e. The van der Waals surface area contributed by atoms with Gasteiger partial charge in [-0.2, -0.15) is 0 Å². The second-order valence-corrected chi connectivity index (χ2v) is 4.10. The lowest BCUT2D eigenvalue weighted by Gasteiger charge is -2.12. The summed E-state index contributed by atoms with van der Waals surface area (Å²) >= 11 is 0. The lowest BCUT2D eigenvalue weighted by molar-refractivity contribution is -0.137. The van der Waals surface area contributed by atoms with E-state index in [-0.39, 0.29) is 0 Å². The summed E-state index contributed by atoms with van der Waals surface area (Å²) in [4.78, 5) is 22.2. The van der Waals surface area contributed by atoms with Crippen LogP contribution in [0.1, 0.15) is 12.7 Å². The normalized spacial score (nSPS) is 11.9. The van der Waals surface area contributed by atoms with Gasteiger partial charge in [0.2, 0.25) is 0 Å². The van der Waals surface area contributed by atoms with Crippen LogP contribution in [-0.4, -0.2) is 32.1 Å². The average molecular weight is 261 g/mol. The summed E-state index contributed by atoms with van der Waals surface area (Å²) in [5.41, 5.74) is 0. The van der Waals surface area contributed by atoms with E-state index in [1.165, 1.54) is 0 Å². The zero-order valence-corrected chi connectivity index (χ0v) is 10.6. The quantitative estimate of drug-likeness (QED) is 0.653. The number of rotatable bonds is 5. The fourth-order valence-corrected chi connectivity index (χ4v) is 1.54. The Hall–Kier alpha value is -2.57. The van der Waals surface area contributed by atoms with Crippen LogP contribution in [0.2, 0.25) is 0 Å². The first-order valence-electron chi connectivity index (χ1n) is 5.80. The molecule has 0 saturated heterocycles.